The fraction of sp³-hybridized carbons (Fsp3) is 0.467. The highest BCUT2D eigenvalue weighted by atomic mass is 35.5. The maximum Gasteiger partial charge on any atom is 0.289 e. The second kappa shape index (κ2) is 7.41. The summed E-state index contributed by atoms with van der Waals surface area (Å²) in [7, 11) is 0. The fourth-order valence-electron chi connectivity index (χ4n) is 2.86. The minimum Gasteiger partial charge on any atom is -0.344 e. The molecule has 8 heteroatoms. The summed E-state index contributed by atoms with van der Waals surface area (Å²) in [5.41, 5.74) is 0.000795. The van der Waals surface area contributed by atoms with Gasteiger partial charge >= 0.3 is 0 Å². The van der Waals surface area contributed by atoms with Crippen LogP contribution in [0.4, 0.5) is 11.4 Å². The molecule has 0 spiro atoms. The lowest BCUT2D eigenvalue weighted by Gasteiger charge is -2.23. The molecular weight excluding hydrogens is 322 g/mol. The Morgan fingerprint density at radius 3 is 2.57 bits per heavy atom. The van der Waals surface area contributed by atoms with Crippen LogP contribution in [-0.2, 0) is 9.59 Å². The van der Waals surface area contributed by atoms with Gasteiger partial charge in [0.1, 0.15) is 11.1 Å². The smallest absolute Gasteiger partial charge is 0.289 e. The van der Waals surface area contributed by atoms with Crippen molar-refractivity contribution in [3.63, 3.8) is 0 Å². The minimum atomic E-state index is -0.635. The number of nitro benzene ring substituents is 1. The number of rotatable bonds is 5. The van der Waals surface area contributed by atoms with Gasteiger partial charge in [0.2, 0.25) is 11.8 Å². The Bertz CT molecular complexity index is 629. The number of nitrogens with zero attached hydrogens (tertiary/aromatic N) is 1. The van der Waals surface area contributed by atoms with Gasteiger partial charge in [-0.25, -0.2) is 0 Å². The van der Waals surface area contributed by atoms with Gasteiger partial charge in [-0.2, -0.15) is 0 Å². The van der Waals surface area contributed by atoms with Crippen molar-refractivity contribution >= 4 is 34.8 Å². The first kappa shape index (κ1) is 17.2. The fourth-order valence-corrected chi connectivity index (χ4v) is 3.04. The Labute approximate surface area is 138 Å². The summed E-state index contributed by atoms with van der Waals surface area (Å²) in [6.07, 6.45) is 3.80. The molecule has 23 heavy (non-hydrogen) atoms. The zero-order valence-electron chi connectivity index (χ0n) is 12.7. The van der Waals surface area contributed by atoms with E-state index in [9.17, 15) is 19.7 Å². The zero-order valence-corrected chi connectivity index (χ0v) is 13.4. The van der Waals surface area contributed by atoms with E-state index in [-0.39, 0.29) is 34.1 Å². The van der Waals surface area contributed by atoms with Crippen molar-refractivity contribution in [2.75, 3.05) is 5.32 Å². The summed E-state index contributed by atoms with van der Waals surface area (Å²) in [5.74, 6) is -0.566. The largest absolute Gasteiger partial charge is 0.344 e. The number of hydrogen-bond donors (Lipinski definition) is 2. The van der Waals surface area contributed by atoms with Gasteiger partial charge in [0, 0.05) is 18.7 Å². The van der Waals surface area contributed by atoms with E-state index in [1.54, 1.807) is 0 Å². The molecule has 0 aromatic heterocycles. The number of amides is 2. The molecular formula is C15H18ClN3O4. The van der Waals surface area contributed by atoms with Crippen LogP contribution in [0.5, 0.6) is 0 Å². The molecule has 1 unspecified atom stereocenters. The molecule has 0 aliphatic heterocycles. The number of nitro groups is 1. The van der Waals surface area contributed by atoms with Crippen molar-refractivity contribution in [3.8, 4) is 0 Å². The van der Waals surface area contributed by atoms with E-state index in [4.69, 9.17) is 11.6 Å². The molecule has 0 radical (unpaired) electrons. The second-order valence-corrected chi connectivity index (χ2v) is 6.04. The first-order valence-corrected chi connectivity index (χ1v) is 7.78. The molecule has 1 fully saturated rings. The average molecular weight is 340 g/mol. The number of carbonyl (C=O) groups is 2. The van der Waals surface area contributed by atoms with E-state index in [0.717, 1.165) is 25.7 Å². The predicted molar refractivity (Wildman–Crippen MR) is 86.3 cm³/mol. The van der Waals surface area contributed by atoms with Crippen molar-refractivity contribution in [1.29, 1.82) is 0 Å². The van der Waals surface area contributed by atoms with E-state index in [1.165, 1.54) is 25.1 Å². The second-order valence-electron chi connectivity index (χ2n) is 5.64. The van der Waals surface area contributed by atoms with Crippen LogP contribution in [0, 0.1) is 16.0 Å². The Morgan fingerprint density at radius 2 is 2.00 bits per heavy atom. The van der Waals surface area contributed by atoms with Gasteiger partial charge in [0.05, 0.1) is 4.92 Å². The number of hydrogen-bond acceptors (Lipinski definition) is 4. The lowest BCUT2D eigenvalue weighted by Crippen LogP contribution is -2.47. The molecule has 0 heterocycles. The summed E-state index contributed by atoms with van der Waals surface area (Å²) in [6.45, 7) is 1.36. The molecule has 1 atom stereocenters. The molecule has 1 aliphatic rings. The van der Waals surface area contributed by atoms with Crippen molar-refractivity contribution < 1.29 is 14.5 Å². The van der Waals surface area contributed by atoms with Crippen LogP contribution in [0.3, 0.4) is 0 Å². The number of carbonyl (C=O) groups excluding carboxylic acids is 2. The average Bonchev–Trinajstić information content (AvgIpc) is 3.00. The molecule has 7 nitrogen and oxygen atoms in total. The molecule has 1 aromatic carbocycles. The van der Waals surface area contributed by atoms with Crippen molar-refractivity contribution in [3.05, 3.63) is 33.3 Å². The highest BCUT2D eigenvalue weighted by Crippen LogP contribution is 2.30. The Hall–Kier alpha value is -2.15. The minimum absolute atomic E-state index is 0.00204. The Balaban J connectivity index is 2.16. The maximum atomic E-state index is 12.5. The van der Waals surface area contributed by atoms with Gasteiger partial charge in [0.25, 0.3) is 5.69 Å². The first-order valence-electron chi connectivity index (χ1n) is 7.40. The van der Waals surface area contributed by atoms with Crippen LogP contribution < -0.4 is 10.6 Å². The van der Waals surface area contributed by atoms with Crippen molar-refractivity contribution in [2.45, 2.75) is 38.6 Å². The van der Waals surface area contributed by atoms with Crippen LogP contribution in [0.15, 0.2) is 18.2 Å². The van der Waals surface area contributed by atoms with Crippen LogP contribution in [-0.4, -0.2) is 22.8 Å². The SMILES string of the molecule is CC(=O)NC(C(=O)Nc1ccc(Cl)c([N+](=O)[O-])c1)C1CCCC1. The van der Waals surface area contributed by atoms with Crippen LogP contribution >= 0.6 is 11.6 Å². The van der Waals surface area contributed by atoms with E-state index in [1.807, 2.05) is 0 Å². The Morgan fingerprint density at radius 1 is 1.35 bits per heavy atom. The number of anilines is 1. The van der Waals surface area contributed by atoms with Crippen LogP contribution in [0.2, 0.25) is 5.02 Å². The van der Waals surface area contributed by atoms with Gasteiger partial charge in [-0.05, 0) is 30.9 Å². The standard InChI is InChI=1S/C15H18ClN3O4/c1-9(20)17-14(10-4-2-3-5-10)15(21)18-11-6-7-12(16)13(8-11)19(22)23/h6-8,10,14H,2-5H2,1H3,(H,17,20)(H,18,21). The highest BCUT2D eigenvalue weighted by Gasteiger charge is 2.31. The molecule has 2 amide bonds. The lowest BCUT2D eigenvalue weighted by atomic mass is 9.97. The summed E-state index contributed by atoms with van der Waals surface area (Å²) in [6, 6.07) is 3.43. The number of benzene rings is 1. The molecule has 2 rings (SSSR count). The van der Waals surface area contributed by atoms with Crippen molar-refractivity contribution in [1.82, 2.24) is 5.32 Å². The quantitative estimate of drug-likeness (QED) is 0.636. The molecule has 1 aromatic rings. The molecule has 1 aliphatic carbocycles. The van der Waals surface area contributed by atoms with Crippen molar-refractivity contribution in [2.24, 2.45) is 5.92 Å². The predicted octanol–water partition coefficient (Wildman–Crippen LogP) is 2.88. The summed E-state index contributed by atoms with van der Waals surface area (Å²) in [5, 5.41) is 16.2. The third-order valence-electron chi connectivity index (χ3n) is 3.92. The van der Waals surface area contributed by atoms with E-state index in [2.05, 4.69) is 10.6 Å². The van der Waals surface area contributed by atoms with E-state index < -0.39 is 11.0 Å². The summed E-state index contributed by atoms with van der Waals surface area (Å²) < 4.78 is 0. The zero-order chi connectivity index (χ0) is 17.0. The summed E-state index contributed by atoms with van der Waals surface area (Å²) in [4.78, 5) is 34.1. The molecule has 2 N–H and O–H groups in total. The van der Waals surface area contributed by atoms with Gasteiger partial charge in [-0.1, -0.05) is 24.4 Å². The van der Waals surface area contributed by atoms with E-state index >= 15 is 0 Å². The number of nitrogens with one attached hydrogen (secondary N) is 2. The van der Waals surface area contributed by atoms with Gasteiger partial charge in [0.15, 0.2) is 0 Å². The van der Waals surface area contributed by atoms with Gasteiger partial charge < -0.3 is 10.6 Å². The van der Waals surface area contributed by atoms with Gasteiger partial charge in [-0.15, -0.1) is 0 Å². The van der Waals surface area contributed by atoms with E-state index in [0.29, 0.717) is 0 Å². The molecule has 124 valence electrons. The third-order valence-corrected chi connectivity index (χ3v) is 4.24. The summed E-state index contributed by atoms with van der Waals surface area (Å²) >= 11 is 5.75. The Kier molecular flexibility index (Phi) is 5.54. The maximum absolute atomic E-state index is 12.5. The molecule has 0 saturated heterocycles. The lowest BCUT2D eigenvalue weighted by molar-refractivity contribution is -0.384. The highest BCUT2D eigenvalue weighted by molar-refractivity contribution is 6.32. The number of halogens is 1. The third kappa shape index (κ3) is 4.41. The molecule has 0 bridgehead atoms. The van der Waals surface area contributed by atoms with Crippen LogP contribution in [0.1, 0.15) is 32.6 Å². The molecule has 1 saturated carbocycles. The normalized spacial score (nSPS) is 15.9. The van der Waals surface area contributed by atoms with Gasteiger partial charge in [-0.3, -0.25) is 19.7 Å². The van der Waals surface area contributed by atoms with Crippen LogP contribution in [0.25, 0.3) is 0 Å². The first-order chi connectivity index (χ1) is 10.9. The topological polar surface area (TPSA) is 101 Å². The monoisotopic (exact) mass is 339 g/mol.